The van der Waals surface area contributed by atoms with Crippen LogP contribution in [0.5, 0.6) is 0 Å². The molecular formula is C20H25N3O4S. The number of rotatable bonds is 6. The monoisotopic (exact) mass is 403 g/mol. The minimum Gasteiger partial charge on any atom is -0.388 e. The molecule has 4 rings (SSSR count). The van der Waals surface area contributed by atoms with Gasteiger partial charge in [0.05, 0.1) is 16.9 Å². The number of hydrogen-bond donors (Lipinski definition) is 2. The molecule has 2 N–H and O–H groups in total. The molecule has 1 aliphatic carbocycles. The zero-order chi connectivity index (χ0) is 19.9. The summed E-state index contributed by atoms with van der Waals surface area (Å²) in [6.45, 7) is 0.350. The van der Waals surface area contributed by atoms with Gasteiger partial charge in [-0.3, -0.25) is 14.5 Å². The summed E-state index contributed by atoms with van der Waals surface area (Å²) in [7, 11) is -1.77. The third-order valence-corrected chi connectivity index (χ3v) is 7.72. The van der Waals surface area contributed by atoms with Gasteiger partial charge in [-0.2, -0.15) is 0 Å². The van der Waals surface area contributed by atoms with Crippen LogP contribution in [0.1, 0.15) is 46.4 Å². The summed E-state index contributed by atoms with van der Waals surface area (Å²) in [5, 5.41) is 3.41. The summed E-state index contributed by atoms with van der Waals surface area (Å²) >= 11 is 0. The van der Waals surface area contributed by atoms with Crippen molar-refractivity contribution in [3.63, 3.8) is 0 Å². The second-order valence-corrected chi connectivity index (χ2v) is 9.79. The van der Waals surface area contributed by atoms with Crippen LogP contribution in [-0.4, -0.2) is 50.5 Å². The number of amides is 2. The molecule has 1 aromatic carbocycles. The SMILES string of the molecule is CNS(=O)(=O)CC1CCC2NC=C(CCN3C(=O)c4ccccc4C3=O)C2C1. The number of sulfonamides is 1. The minimum atomic E-state index is -3.22. The van der Waals surface area contributed by atoms with Crippen molar-refractivity contribution in [2.45, 2.75) is 31.7 Å². The first-order valence-corrected chi connectivity index (χ1v) is 11.4. The Morgan fingerprint density at radius 1 is 1.14 bits per heavy atom. The van der Waals surface area contributed by atoms with Gasteiger partial charge in [0.2, 0.25) is 10.0 Å². The highest BCUT2D eigenvalue weighted by atomic mass is 32.2. The van der Waals surface area contributed by atoms with Crippen LogP contribution in [0.4, 0.5) is 0 Å². The lowest BCUT2D eigenvalue weighted by Gasteiger charge is -2.33. The van der Waals surface area contributed by atoms with Crippen molar-refractivity contribution in [3.05, 3.63) is 47.2 Å². The molecule has 3 atom stereocenters. The van der Waals surface area contributed by atoms with E-state index in [0.717, 1.165) is 19.3 Å². The lowest BCUT2D eigenvalue weighted by atomic mass is 9.76. The first-order valence-electron chi connectivity index (χ1n) is 9.71. The van der Waals surface area contributed by atoms with E-state index in [4.69, 9.17) is 0 Å². The third kappa shape index (κ3) is 3.46. The highest BCUT2D eigenvalue weighted by Crippen LogP contribution is 2.39. The average Bonchev–Trinajstić information content (AvgIpc) is 3.19. The Labute approximate surface area is 165 Å². The fraction of sp³-hybridized carbons (Fsp3) is 0.500. The molecule has 0 radical (unpaired) electrons. The lowest BCUT2D eigenvalue weighted by Crippen LogP contribution is -2.38. The number of nitrogens with zero attached hydrogens (tertiary/aromatic N) is 1. The van der Waals surface area contributed by atoms with Crippen molar-refractivity contribution >= 4 is 21.8 Å². The molecule has 0 saturated heterocycles. The van der Waals surface area contributed by atoms with Crippen molar-refractivity contribution in [2.24, 2.45) is 11.8 Å². The van der Waals surface area contributed by atoms with E-state index in [-0.39, 0.29) is 29.4 Å². The first-order chi connectivity index (χ1) is 13.4. The third-order valence-electron chi connectivity index (χ3n) is 6.19. The van der Waals surface area contributed by atoms with Crippen LogP contribution in [0.15, 0.2) is 36.0 Å². The molecule has 2 heterocycles. The van der Waals surface area contributed by atoms with Gasteiger partial charge in [-0.1, -0.05) is 12.1 Å². The van der Waals surface area contributed by atoms with Gasteiger partial charge >= 0.3 is 0 Å². The van der Waals surface area contributed by atoms with Gasteiger partial charge in [0.25, 0.3) is 11.8 Å². The minimum absolute atomic E-state index is 0.126. The molecule has 0 bridgehead atoms. The van der Waals surface area contributed by atoms with Crippen LogP contribution < -0.4 is 10.0 Å². The highest BCUT2D eigenvalue weighted by molar-refractivity contribution is 7.89. The Balaban J connectivity index is 1.40. The molecule has 28 heavy (non-hydrogen) atoms. The van der Waals surface area contributed by atoms with Gasteiger partial charge in [-0.15, -0.1) is 0 Å². The van der Waals surface area contributed by atoms with E-state index in [1.165, 1.54) is 17.5 Å². The molecule has 2 aliphatic heterocycles. The number of carbonyl (C=O) groups is 2. The Morgan fingerprint density at radius 3 is 2.46 bits per heavy atom. The standard InChI is InChI=1S/C20H25N3O4S/c1-21-28(26,27)12-13-6-7-18-17(10-13)14(11-22-18)8-9-23-19(24)15-4-2-3-5-16(15)20(23)25/h2-5,11,13,17-18,21-22H,6-10,12H2,1H3. The van der Waals surface area contributed by atoms with E-state index in [9.17, 15) is 18.0 Å². The second-order valence-electron chi connectivity index (χ2n) is 7.82. The highest BCUT2D eigenvalue weighted by Gasteiger charge is 2.39. The summed E-state index contributed by atoms with van der Waals surface area (Å²) in [5.41, 5.74) is 2.12. The van der Waals surface area contributed by atoms with Gasteiger partial charge in [0.1, 0.15) is 0 Å². The molecule has 1 saturated carbocycles. The summed E-state index contributed by atoms with van der Waals surface area (Å²) < 4.78 is 26.2. The van der Waals surface area contributed by atoms with Crippen LogP contribution >= 0.6 is 0 Å². The van der Waals surface area contributed by atoms with Gasteiger partial charge in [0, 0.05) is 18.5 Å². The van der Waals surface area contributed by atoms with E-state index in [1.54, 1.807) is 24.3 Å². The van der Waals surface area contributed by atoms with E-state index >= 15 is 0 Å². The van der Waals surface area contributed by atoms with Crippen molar-refractivity contribution in [2.75, 3.05) is 19.3 Å². The van der Waals surface area contributed by atoms with Crippen LogP contribution in [0, 0.1) is 11.8 Å². The number of carbonyl (C=O) groups excluding carboxylic acids is 2. The molecule has 2 amide bonds. The second kappa shape index (κ2) is 7.33. The number of fused-ring (bicyclic) bond motifs is 2. The lowest BCUT2D eigenvalue weighted by molar-refractivity contribution is 0.0654. The predicted octanol–water partition coefficient (Wildman–Crippen LogP) is 1.49. The maximum atomic E-state index is 12.5. The molecule has 0 spiro atoms. The molecule has 3 aliphatic rings. The molecule has 7 nitrogen and oxygen atoms in total. The van der Waals surface area contributed by atoms with Crippen molar-refractivity contribution < 1.29 is 18.0 Å². The largest absolute Gasteiger partial charge is 0.388 e. The number of nitrogens with one attached hydrogen (secondary N) is 2. The fourth-order valence-electron chi connectivity index (χ4n) is 4.67. The van der Waals surface area contributed by atoms with Crippen LogP contribution in [-0.2, 0) is 10.0 Å². The summed E-state index contributed by atoms with van der Waals surface area (Å²) in [4.78, 5) is 26.4. The van der Waals surface area contributed by atoms with E-state index in [2.05, 4.69) is 10.0 Å². The van der Waals surface area contributed by atoms with Crippen molar-refractivity contribution in [1.82, 2.24) is 14.9 Å². The normalized spacial score (nSPS) is 26.7. The van der Waals surface area contributed by atoms with Crippen molar-refractivity contribution in [3.8, 4) is 0 Å². The summed E-state index contributed by atoms with van der Waals surface area (Å²) in [6, 6.07) is 7.24. The fourth-order valence-corrected chi connectivity index (χ4v) is 5.76. The van der Waals surface area contributed by atoms with Gasteiger partial charge in [-0.25, -0.2) is 13.1 Å². The Hall–Kier alpha value is -2.19. The predicted molar refractivity (Wildman–Crippen MR) is 105 cm³/mol. The Kier molecular flexibility index (Phi) is 5.01. The van der Waals surface area contributed by atoms with Crippen LogP contribution in [0.25, 0.3) is 0 Å². The molecule has 3 unspecified atom stereocenters. The molecule has 0 aromatic heterocycles. The zero-order valence-corrected chi connectivity index (χ0v) is 16.7. The average molecular weight is 404 g/mol. The smallest absolute Gasteiger partial charge is 0.261 e. The van der Waals surface area contributed by atoms with Crippen LogP contribution in [0.2, 0.25) is 0 Å². The molecule has 150 valence electrons. The maximum absolute atomic E-state index is 12.5. The van der Waals surface area contributed by atoms with E-state index in [1.807, 2.05) is 6.20 Å². The maximum Gasteiger partial charge on any atom is 0.261 e. The van der Waals surface area contributed by atoms with Gasteiger partial charge in [-0.05, 0) is 62.6 Å². The van der Waals surface area contributed by atoms with Gasteiger partial charge < -0.3 is 5.32 Å². The Morgan fingerprint density at radius 2 is 1.82 bits per heavy atom. The molecule has 1 aromatic rings. The first kappa shape index (κ1) is 19.1. The molecule has 8 heteroatoms. The van der Waals surface area contributed by atoms with Gasteiger partial charge in [0.15, 0.2) is 0 Å². The van der Waals surface area contributed by atoms with E-state index < -0.39 is 10.0 Å². The molecule has 1 fully saturated rings. The number of benzene rings is 1. The number of imide groups is 1. The topological polar surface area (TPSA) is 95.6 Å². The Bertz CT molecular complexity index is 906. The zero-order valence-electron chi connectivity index (χ0n) is 15.8. The molecular weight excluding hydrogens is 378 g/mol. The number of hydrogen-bond acceptors (Lipinski definition) is 5. The van der Waals surface area contributed by atoms with Crippen molar-refractivity contribution in [1.29, 1.82) is 0 Å². The summed E-state index contributed by atoms with van der Waals surface area (Å²) in [6.07, 6.45) is 5.25. The van der Waals surface area contributed by atoms with E-state index in [0.29, 0.717) is 30.1 Å². The van der Waals surface area contributed by atoms with Crippen LogP contribution in [0.3, 0.4) is 0 Å². The quantitative estimate of drug-likeness (QED) is 0.702. The summed E-state index contributed by atoms with van der Waals surface area (Å²) in [5.74, 6) is 0.0799.